The summed E-state index contributed by atoms with van der Waals surface area (Å²) in [5.74, 6) is 1.27. The molecule has 292 valence electrons. The number of nitrogens with zero attached hydrogens (tertiary/aromatic N) is 6. The monoisotopic (exact) mass is 745 g/mol. The number of amides is 4. The fourth-order valence-electron chi connectivity index (χ4n) is 8.36. The lowest BCUT2D eigenvalue weighted by molar-refractivity contribution is -0.138. The summed E-state index contributed by atoms with van der Waals surface area (Å²) >= 11 is 0. The highest BCUT2D eigenvalue weighted by molar-refractivity contribution is 5.87. The number of rotatable bonds is 11. The molecule has 6 rings (SSSR count). The van der Waals surface area contributed by atoms with E-state index < -0.39 is 24.3 Å². The van der Waals surface area contributed by atoms with E-state index in [4.69, 9.17) is 14.7 Å². The Labute approximate surface area is 316 Å². The first-order valence-corrected chi connectivity index (χ1v) is 19.2. The number of hydrogen-bond acceptors (Lipinski definition) is 8. The second kappa shape index (κ2) is 16.5. The Bertz CT molecular complexity index is 1780. The number of H-pyrrole nitrogens is 2. The number of hydrogen-bond donors (Lipinski definition) is 4. The molecule has 4 amide bonds. The molecule has 15 heteroatoms. The summed E-state index contributed by atoms with van der Waals surface area (Å²) in [5.41, 5.74) is 3.95. The predicted octanol–water partition coefficient (Wildman–Crippen LogP) is 5.53. The van der Waals surface area contributed by atoms with Gasteiger partial charge >= 0.3 is 12.2 Å². The summed E-state index contributed by atoms with van der Waals surface area (Å²) < 4.78 is 4.75. The predicted molar refractivity (Wildman–Crippen MR) is 203 cm³/mol. The van der Waals surface area contributed by atoms with Crippen LogP contribution in [0, 0.1) is 11.8 Å². The average Bonchev–Trinajstić information content (AvgIpc) is 4.00. The molecule has 4 N–H and O–H groups in total. The average molecular weight is 746 g/mol. The summed E-state index contributed by atoms with van der Waals surface area (Å²) in [7, 11) is 2.76. The number of benzene rings is 1. The number of imidazole rings is 2. The first-order valence-electron chi connectivity index (χ1n) is 19.2. The van der Waals surface area contributed by atoms with Crippen molar-refractivity contribution in [3.05, 3.63) is 54.0 Å². The lowest BCUT2D eigenvalue weighted by atomic mass is 9.93. The van der Waals surface area contributed by atoms with E-state index in [9.17, 15) is 24.3 Å². The van der Waals surface area contributed by atoms with Crippen molar-refractivity contribution in [2.24, 2.45) is 11.8 Å². The Morgan fingerprint density at radius 1 is 0.833 bits per heavy atom. The van der Waals surface area contributed by atoms with E-state index in [2.05, 4.69) is 44.5 Å². The minimum absolute atomic E-state index is 0.0984. The number of anilines is 1. The van der Waals surface area contributed by atoms with Gasteiger partial charge in [-0.15, -0.1) is 0 Å². The summed E-state index contributed by atoms with van der Waals surface area (Å²) in [4.78, 5) is 74.5. The zero-order valence-electron chi connectivity index (χ0n) is 32.2. The maximum atomic E-state index is 13.6. The molecule has 4 atom stereocenters. The summed E-state index contributed by atoms with van der Waals surface area (Å²) in [6, 6.07) is 6.63. The molecule has 0 aliphatic carbocycles. The van der Waals surface area contributed by atoms with Crippen molar-refractivity contribution >= 4 is 29.7 Å². The highest BCUT2D eigenvalue weighted by Crippen LogP contribution is 2.36. The molecule has 3 aromatic rings. The lowest BCUT2D eigenvalue weighted by Crippen LogP contribution is -2.51. The zero-order chi connectivity index (χ0) is 38.7. The van der Waals surface area contributed by atoms with E-state index in [0.717, 1.165) is 90.8 Å². The van der Waals surface area contributed by atoms with E-state index in [1.165, 1.54) is 14.2 Å². The first-order chi connectivity index (χ1) is 25.9. The largest absolute Gasteiger partial charge is 0.465 e. The van der Waals surface area contributed by atoms with Gasteiger partial charge in [0.2, 0.25) is 11.8 Å². The van der Waals surface area contributed by atoms with Gasteiger partial charge in [0.15, 0.2) is 0 Å². The Balaban J connectivity index is 1.05. The smallest absolute Gasteiger partial charge is 0.407 e. The molecular weight excluding hydrogens is 690 g/mol. The lowest BCUT2D eigenvalue weighted by Gasteiger charge is -2.34. The Morgan fingerprint density at radius 3 is 2.00 bits per heavy atom. The second-order valence-electron chi connectivity index (χ2n) is 15.5. The molecule has 54 heavy (non-hydrogen) atoms. The van der Waals surface area contributed by atoms with Crippen LogP contribution in [0.15, 0.2) is 36.7 Å². The molecule has 0 saturated carbocycles. The van der Waals surface area contributed by atoms with Crippen LogP contribution in [0.25, 0.3) is 11.3 Å². The van der Waals surface area contributed by atoms with Gasteiger partial charge in [0.25, 0.3) is 0 Å². The quantitative estimate of drug-likeness (QED) is 0.196. The normalized spacial score (nSPS) is 20.4. The number of carboxylic acid groups (broad SMARTS) is 1. The van der Waals surface area contributed by atoms with Crippen LogP contribution >= 0.6 is 0 Å². The summed E-state index contributed by atoms with van der Waals surface area (Å²) in [6.07, 6.45) is 7.33. The van der Waals surface area contributed by atoms with E-state index in [0.29, 0.717) is 19.0 Å². The number of methoxy groups -OCH3 is 1. The van der Waals surface area contributed by atoms with Crippen molar-refractivity contribution < 1.29 is 29.0 Å². The third kappa shape index (κ3) is 8.04. The maximum Gasteiger partial charge on any atom is 0.407 e. The van der Waals surface area contributed by atoms with Gasteiger partial charge in [-0.1, -0.05) is 39.8 Å². The topological polar surface area (TPSA) is 180 Å². The van der Waals surface area contributed by atoms with E-state index in [1.54, 1.807) is 0 Å². The molecule has 0 unspecified atom stereocenters. The SMILES string of the molecule is COC(=O)N[C@H](C(=O)N1CCC[C@H]1c1nc(-c2ccc(N3CCC(c4c[nH]c([C@@H]5CCCN5C(=O)[C@H](C(C)C)N(C)C(=O)O)n4)CC3)cc2)c[nH]1)C(C)C. The van der Waals surface area contributed by atoms with Crippen molar-refractivity contribution in [1.29, 1.82) is 0 Å². The number of likely N-dealkylation sites (N-methyl/N-ethyl adjacent to an activating group) is 1. The number of aromatic amines is 2. The molecule has 3 fully saturated rings. The van der Waals surface area contributed by atoms with Gasteiger partial charge in [0.1, 0.15) is 23.7 Å². The Hall–Kier alpha value is -5.08. The van der Waals surface area contributed by atoms with Crippen LogP contribution in [-0.4, -0.2) is 116 Å². The van der Waals surface area contributed by atoms with Crippen molar-refractivity contribution in [1.82, 2.24) is 40.0 Å². The fourth-order valence-corrected chi connectivity index (χ4v) is 8.36. The van der Waals surface area contributed by atoms with Gasteiger partial charge in [0, 0.05) is 62.8 Å². The Morgan fingerprint density at radius 2 is 1.43 bits per heavy atom. The van der Waals surface area contributed by atoms with Gasteiger partial charge in [-0.2, -0.15) is 0 Å². The molecule has 3 saturated heterocycles. The number of carbonyl (C=O) groups excluding carboxylic acids is 3. The standard InChI is InChI=1S/C39H55N9O6/c1-23(2)32(44-38(51)54-6)36(49)47-17-7-9-30(47)34-40-21-28(42-34)25-11-13-27(14-12-25)46-19-15-26(16-20-46)29-22-41-35(43-29)31-10-8-18-48(31)37(50)33(24(3)4)45(5)39(52)53/h11-14,21-24,26,30-33H,7-10,15-20H2,1-6H3,(H,40,42)(H,41,43)(H,44,51)(H,52,53)/t30-,31-,32-,33-/m0/s1. The van der Waals surface area contributed by atoms with E-state index in [-0.39, 0.29) is 35.7 Å². The van der Waals surface area contributed by atoms with Crippen molar-refractivity contribution in [2.75, 3.05) is 45.2 Å². The van der Waals surface area contributed by atoms with Gasteiger partial charge in [-0.3, -0.25) is 14.5 Å². The van der Waals surface area contributed by atoms with Gasteiger partial charge in [-0.25, -0.2) is 19.6 Å². The third-order valence-electron chi connectivity index (χ3n) is 11.4. The third-order valence-corrected chi connectivity index (χ3v) is 11.4. The maximum absolute atomic E-state index is 13.6. The van der Waals surface area contributed by atoms with E-state index in [1.807, 2.05) is 49.9 Å². The molecular formula is C39H55N9O6. The molecule has 3 aliphatic rings. The number of ether oxygens (including phenoxy) is 1. The second-order valence-corrected chi connectivity index (χ2v) is 15.5. The summed E-state index contributed by atoms with van der Waals surface area (Å²) in [5, 5.41) is 12.3. The number of aromatic nitrogens is 4. The molecule has 3 aliphatic heterocycles. The fraction of sp³-hybridized carbons (Fsp3) is 0.590. The van der Waals surface area contributed by atoms with Crippen molar-refractivity contribution in [3.8, 4) is 11.3 Å². The molecule has 5 heterocycles. The minimum Gasteiger partial charge on any atom is -0.465 e. The van der Waals surface area contributed by atoms with Crippen LogP contribution in [0.5, 0.6) is 0 Å². The van der Waals surface area contributed by atoms with Crippen LogP contribution in [-0.2, 0) is 14.3 Å². The molecule has 15 nitrogen and oxygen atoms in total. The number of likely N-dealkylation sites (tertiary alicyclic amines) is 2. The molecule has 0 radical (unpaired) electrons. The van der Waals surface area contributed by atoms with Gasteiger partial charge < -0.3 is 39.8 Å². The van der Waals surface area contributed by atoms with Crippen LogP contribution < -0.4 is 10.2 Å². The number of nitrogens with one attached hydrogen (secondary N) is 3. The van der Waals surface area contributed by atoms with Crippen molar-refractivity contribution in [3.63, 3.8) is 0 Å². The highest BCUT2D eigenvalue weighted by Gasteiger charge is 2.40. The zero-order valence-corrected chi connectivity index (χ0v) is 32.2. The number of piperidine rings is 1. The minimum atomic E-state index is -1.11. The van der Waals surface area contributed by atoms with Crippen LogP contribution in [0.2, 0.25) is 0 Å². The molecule has 0 spiro atoms. The highest BCUT2D eigenvalue weighted by atomic mass is 16.5. The molecule has 1 aromatic carbocycles. The van der Waals surface area contributed by atoms with Crippen LogP contribution in [0.4, 0.5) is 15.3 Å². The summed E-state index contributed by atoms with van der Waals surface area (Å²) in [6.45, 7) is 10.5. The first kappa shape index (κ1) is 38.6. The number of carbonyl (C=O) groups is 4. The molecule has 0 bridgehead atoms. The van der Waals surface area contributed by atoms with Gasteiger partial charge in [0.05, 0.1) is 30.6 Å². The van der Waals surface area contributed by atoms with Crippen LogP contribution in [0.3, 0.4) is 0 Å². The van der Waals surface area contributed by atoms with Crippen LogP contribution in [0.1, 0.15) is 102 Å². The van der Waals surface area contributed by atoms with Gasteiger partial charge in [-0.05, 0) is 62.5 Å². The van der Waals surface area contributed by atoms with E-state index >= 15 is 0 Å². The number of alkyl carbamates (subject to hydrolysis) is 1. The van der Waals surface area contributed by atoms with Crippen molar-refractivity contribution in [2.45, 2.75) is 96.3 Å². The molecule has 2 aromatic heterocycles. The Kier molecular flexibility index (Phi) is 11.8.